The van der Waals surface area contributed by atoms with Gasteiger partial charge < -0.3 is 9.13 Å². The number of fused-ring (bicyclic) bond motifs is 9. The number of aromatic nitrogens is 2. The number of rotatable bonds is 6. The largest absolute Gasteiger partial charge is 0.309 e. The Hall–Kier alpha value is -7.16. The van der Waals surface area contributed by atoms with Crippen LogP contribution in [0.4, 0.5) is 0 Å². The Kier molecular flexibility index (Phi) is 7.33. The van der Waals surface area contributed by atoms with Crippen molar-refractivity contribution in [1.82, 2.24) is 9.13 Å². The molecule has 0 aliphatic heterocycles. The van der Waals surface area contributed by atoms with Crippen molar-refractivity contribution in [2.75, 3.05) is 0 Å². The third kappa shape index (κ3) is 4.96. The van der Waals surface area contributed by atoms with Gasteiger partial charge in [-0.1, -0.05) is 140 Å². The molecule has 11 rings (SSSR count). The lowest BCUT2D eigenvalue weighted by Gasteiger charge is -2.11. The third-order valence-corrected chi connectivity index (χ3v) is 11.8. The van der Waals surface area contributed by atoms with Crippen LogP contribution in [0, 0.1) is 0 Å². The fraction of sp³-hybridized carbons (Fsp3) is 0.0370. The predicted molar refractivity (Wildman–Crippen MR) is 239 cm³/mol. The Bertz CT molecular complexity index is 3290. The molecular weight excluding hydrogens is 677 g/mol. The maximum atomic E-state index is 3.99. The van der Waals surface area contributed by atoms with Crippen LogP contribution in [0.25, 0.3) is 93.6 Å². The highest BCUT2D eigenvalue weighted by Gasteiger charge is 2.25. The monoisotopic (exact) mass is 714 g/mol. The van der Waals surface area contributed by atoms with Crippen LogP contribution < -0.4 is 0 Å². The lowest BCUT2D eigenvalue weighted by Crippen LogP contribution is -1.95. The first-order chi connectivity index (χ1) is 27.6. The molecule has 0 saturated carbocycles. The molecule has 1 aliphatic rings. The summed E-state index contributed by atoms with van der Waals surface area (Å²) < 4.78 is 4.88. The van der Waals surface area contributed by atoms with Gasteiger partial charge in [-0.15, -0.1) is 0 Å². The summed E-state index contributed by atoms with van der Waals surface area (Å²) in [6.07, 6.45) is 7.15. The molecule has 0 fully saturated rings. The normalized spacial score (nSPS) is 12.9. The van der Waals surface area contributed by atoms with Crippen molar-refractivity contribution in [2.45, 2.75) is 13.3 Å². The zero-order valence-electron chi connectivity index (χ0n) is 31.2. The van der Waals surface area contributed by atoms with Crippen molar-refractivity contribution in [3.63, 3.8) is 0 Å². The average molecular weight is 715 g/mol. The molecule has 1 aliphatic carbocycles. The molecular formula is C54H38N2. The number of benzene rings is 8. The quantitative estimate of drug-likeness (QED) is 0.152. The predicted octanol–water partition coefficient (Wildman–Crippen LogP) is 14.4. The summed E-state index contributed by atoms with van der Waals surface area (Å²) in [5.41, 5.74) is 17.4. The molecule has 0 saturated heterocycles. The molecule has 0 atom stereocenters. The highest BCUT2D eigenvalue weighted by Crippen LogP contribution is 2.45. The van der Waals surface area contributed by atoms with Gasteiger partial charge in [0.05, 0.1) is 22.1 Å². The second-order valence-electron chi connectivity index (χ2n) is 15.1. The summed E-state index contributed by atoms with van der Waals surface area (Å²) in [4.78, 5) is 0. The Morgan fingerprint density at radius 1 is 0.482 bits per heavy atom. The summed E-state index contributed by atoms with van der Waals surface area (Å²) in [6.45, 7) is 6.26. The minimum Gasteiger partial charge on any atom is -0.309 e. The SMILES string of the molecule is C=C/C=C\C1=C(C)Cc2ccc3c(c21)c1cc(-c2ccc4c(c2)c2ccccc2n4-c2ccc4ccccc4c2)ccc1n3-c1cccc(-c2ccccc2)c1. The Morgan fingerprint density at radius 2 is 1.12 bits per heavy atom. The van der Waals surface area contributed by atoms with Gasteiger partial charge in [-0.2, -0.15) is 0 Å². The van der Waals surface area contributed by atoms with E-state index >= 15 is 0 Å². The van der Waals surface area contributed by atoms with E-state index in [1.165, 1.54) is 105 Å². The molecule has 10 aromatic rings. The summed E-state index contributed by atoms with van der Waals surface area (Å²) in [5.74, 6) is 0. The first kappa shape index (κ1) is 32.3. The van der Waals surface area contributed by atoms with E-state index in [9.17, 15) is 0 Å². The van der Waals surface area contributed by atoms with Gasteiger partial charge in [0.1, 0.15) is 0 Å². The van der Waals surface area contributed by atoms with Gasteiger partial charge >= 0.3 is 0 Å². The molecule has 2 heterocycles. The number of nitrogens with zero attached hydrogens (tertiary/aromatic N) is 2. The molecule has 0 spiro atoms. The second kappa shape index (κ2) is 12.7. The maximum absolute atomic E-state index is 3.99. The van der Waals surface area contributed by atoms with Gasteiger partial charge in [0.2, 0.25) is 0 Å². The standard InChI is InChI=1S/C54H38N2/c1-3-4-19-45-35(2)30-42-25-29-52-54(53(42)45)48-34-41(24-28-51(48)56(52)43-18-12-17-39(31-43)36-13-6-5-7-14-36)40-23-27-50-47(33-40)46-20-10-11-21-49(46)55(50)44-26-22-37-15-8-9-16-38(37)32-44/h3-29,31-34H,1,30H2,2H3/b19-4-. The zero-order valence-corrected chi connectivity index (χ0v) is 31.2. The minimum absolute atomic E-state index is 0.954. The van der Waals surface area contributed by atoms with Gasteiger partial charge in [0, 0.05) is 32.9 Å². The molecule has 0 N–H and O–H groups in total. The Morgan fingerprint density at radius 3 is 1.96 bits per heavy atom. The van der Waals surface area contributed by atoms with Gasteiger partial charge in [0.25, 0.3) is 0 Å². The zero-order chi connectivity index (χ0) is 37.3. The Balaban J connectivity index is 1.14. The summed E-state index contributed by atoms with van der Waals surface area (Å²) in [5, 5.41) is 7.57. The van der Waals surface area contributed by atoms with Gasteiger partial charge in [-0.25, -0.2) is 0 Å². The molecule has 0 radical (unpaired) electrons. The van der Waals surface area contributed by atoms with Crippen molar-refractivity contribution in [3.8, 4) is 33.6 Å². The van der Waals surface area contributed by atoms with E-state index in [1.54, 1.807) is 0 Å². The highest BCUT2D eigenvalue weighted by atomic mass is 15.0. The second-order valence-corrected chi connectivity index (χ2v) is 15.1. The lowest BCUT2D eigenvalue weighted by atomic mass is 9.96. The highest BCUT2D eigenvalue weighted by molar-refractivity contribution is 6.17. The van der Waals surface area contributed by atoms with Crippen LogP contribution in [0.3, 0.4) is 0 Å². The molecule has 2 heteroatoms. The molecule has 264 valence electrons. The van der Waals surface area contributed by atoms with E-state index in [0.717, 1.165) is 12.1 Å². The van der Waals surface area contributed by atoms with Crippen molar-refractivity contribution < 1.29 is 0 Å². The maximum Gasteiger partial charge on any atom is 0.0547 e. The first-order valence-electron chi connectivity index (χ1n) is 19.4. The summed E-state index contributed by atoms with van der Waals surface area (Å²) in [6, 6.07) is 62.6. The van der Waals surface area contributed by atoms with Gasteiger partial charge in [-0.3, -0.25) is 0 Å². The van der Waals surface area contributed by atoms with Crippen molar-refractivity contribution in [3.05, 3.63) is 211 Å². The van der Waals surface area contributed by atoms with E-state index in [1.807, 2.05) is 6.08 Å². The lowest BCUT2D eigenvalue weighted by molar-refractivity contribution is 1.17. The topological polar surface area (TPSA) is 9.86 Å². The molecule has 0 amide bonds. The van der Waals surface area contributed by atoms with E-state index in [4.69, 9.17) is 0 Å². The fourth-order valence-corrected chi connectivity index (χ4v) is 9.25. The van der Waals surface area contributed by atoms with Crippen LogP contribution in [0.5, 0.6) is 0 Å². The number of para-hydroxylation sites is 1. The van der Waals surface area contributed by atoms with Crippen molar-refractivity contribution >= 4 is 60.0 Å². The molecule has 2 nitrogen and oxygen atoms in total. The number of allylic oxidation sites excluding steroid dienone is 5. The van der Waals surface area contributed by atoms with Crippen LogP contribution in [-0.4, -0.2) is 9.13 Å². The van der Waals surface area contributed by atoms with Crippen LogP contribution in [-0.2, 0) is 6.42 Å². The van der Waals surface area contributed by atoms with Gasteiger partial charge in [0.15, 0.2) is 0 Å². The van der Waals surface area contributed by atoms with Crippen molar-refractivity contribution in [2.24, 2.45) is 0 Å². The molecule has 0 bridgehead atoms. The molecule has 8 aromatic carbocycles. The van der Waals surface area contributed by atoms with Crippen LogP contribution in [0.1, 0.15) is 18.1 Å². The van der Waals surface area contributed by atoms with Crippen LogP contribution in [0.15, 0.2) is 200 Å². The van der Waals surface area contributed by atoms with E-state index in [-0.39, 0.29) is 0 Å². The van der Waals surface area contributed by atoms with Gasteiger partial charge in [-0.05, 0) is 124 Å². The average Bonchev–Trinajstić information content (AvgIpc) is 3.88. The first-order valence-corrected chi connectivity index (χ1v) is 19.4. The van der Waals surface area contributed by atoms with Crippen molar-refractivity contribution in [1.29, 1.82) is 0 Å². The summed E-state index contributed by atoms with van der Waals surface area (Å²) >= 11 is 0. The smallest absolute Gasteiger partial charge is 0.0547 e. The molecule has 56 heavy (non-hydrogen) atoms. The minimum atomic E-state index is 0.954. The molecule has 0 unspecified atom stereocenters. The summed E-state index contributed by atoms with van der Waals surface area (Å²) in [7, 11) is 0. The molecule has 2 aromatic heterocycles. The Labute approximate surface area is 326 Å². The van der Waals surface area contributed by atoms with E-state index in [2.05, 4.69) is 205 Å². The van der Waals surface area contributed by atoms with E-state index in [0.29, 0.717) is 0 Å². The number of hydrogen-bond donors (Lipinski definition) is 0. The number of hydrogen-bond acceptors (Lipinski definition) is 0. The third-order valence-electron chi connectivity index (χ3n) is 11.8. The van der Waals surface area contributed by atoms with Crippen LogP contribution in [0.2, 0.25) is 0 Å². The van der Waals surface area contributed by atoms with E-state index < -0.39 is 0 Å². The van der Waals surface area contributed by atoms with Crippen LogP contribution >= 0.6 is 0 Å². The fourth-order valence-electron chi connectivity index (χ4n) is 9.25.